The van der Waals surface area contributed by atoms with E-state index in [1.165, 1.54) is 0 Å². The zero-order valence-electron chi connectivity index (χ0n) is 13.6. The average Bonchev–Trinajstić information content (AvgIpc) is 3.12. The molecule has 1 unspecified atom stereocenters. The standard InChI is InChI=1S/C19H19N3O2/c1-13(15-10-6-7-11-18(15)24-2)20-19(23)17-12-16(21-22-17)14-8-4-3-5-9-14/h3-13H,1-2H3,(H,20,23)(H,21,22). The van der Waals surface area contributed by atoms with Gasteiger partial charge in [0.25, 0.3) is 5.91 Å². The van der Waals surface area contributed by atoms with Gasteiger partial charge in [-0.05, 0) is 19.1 Å². The number of aromatic nitrogens is 2. The van der Waals surface area contributed by atoms with E-state index in [4.69, 9.17) is 4.74 Å². The first kappa shape index (κ1) is 15.8. The number of benzene rings is 2. The van der Waals surface area contributed by atoms with E-state index < -0.39 is 0 Å². The van der Waals surface area contributed by atoms with Crippen molar-refractivity contribution in [2.24, 2.45) is 0 Å². The second-order valence-corrected chi connectivity index (χ2v) is 5.47. The Kier molecular flexibility index (Phi) is 4.61. The first-order valence-electron chi connectivity index (χ1n) is 7.73. The van der Waals surface area contributed by atoms with Gasteiger partial charge >= 0.3 is 0 Å². The molecule has 1 heterocycles. The zero-order chi connectivity index (χ0) is 16.9. The molecule has 1 amide bonds. The summed E-state index contributed by atoms with van der Waals surface area (Å²) in [6, 6.07) is 18.9. The molecular formula is C19H19N3O2. The van der Waals surface area contributed by atoms with Crippen LogP contribution >= 0.6 is 0 Å². The Hall–Kier alpha value is -3.08. The second-order valence-electron chi connectivity index (χ2n) is 5.47. The minimum absolute atomic E-state index is 0.183. The average molecular weight is 321 g/mol. The summed E-state index contributed by atoms with van der Waals surface area (Å²) in [6.07, 6.45) is 0. The van der Waals surface area contributed by atoms with Crippen molar-refractivity contribution in [1.29, 1.82) is 0 Å². The van der Waals surface area contributed by atoms with Gasteiger partial charge in [0.05, 0.1) is 18.8 Å². The second kappa shape index (κ2) is 7.00. The van der Waals surface area contributed by atoms with E-state index in [2.05, 4.69) is 15.5 Å². The molecule has 0 aliphatic heterocycles. The first-order chi connectivity index (χ1) is 11.7. The molecule has 0 aliphatic carbocycles. The molecule has 0 radical (unpaired) electrons. The van der Waals surface area contributed by atoms with Gasteiger partial charge in [0.15, 0.2) is 0 Å². The molecule has 3 rings (SSSR count). The van der Waals surface area contributed by atoms with Crippen LogP contribution in [0.25, 0.3) is 11.3 Å². The summed E-state index contributed by atoms with van der Waals surface area (Å²) in [4.78, 5) is 12.4. The Labute approximate surface area is 140 Å². The lowest BCUT2D eigenvalue weighted by Gasteiger charge is -2.16. The molecular weight excluding hydrogens is 302 g/mol. The van der Waals surface area contributed by atoms with Gasteiger partial charge in [-0.25, -0.2) is 0 Å². The van der Waals surface area contributed by atoms with Gasteiger partial charge in [0.1, 0.15) is 11.4 Å². The quantitative estimate of drug-likeness (QED) is 0.755. The molecule has 5 heteroatoms. The van der Waals surface area contributed by atoms with Crippen LogP contribution in [0.3, 0.4) is 0 Å². The Balaban J connectivity index is 1.75. The van der Waals surface area contributed by atoms with Crippen LogP contribution in [0.1, 0.15) is 29.0 Å². The number of ether oxygens (including phenoxy) is 1. The van der Waals surface area contributed by atoms with Crippen LogP contribution < -0.4 is 10.1 Å². The van der Waals surface area contributed by atoms with Crippen LogP contribution in [0.5, 0.6) is 5.75 Å². The molecule has 1 aromatic heterocycles. The third-order valence-corrected chi connectivity index (χ3v) is 3.85. The van der Waals surface area contributed by atoms with E-state index in [-0.39, 0.29) is 11.9 Å². The molecule has 24 heavy (non-hydrogen) atoms. The summed E-state index contributed by atoms with van der Waals surface area (Å²) >= 11 is 0. The van der Waals surface area contributed by atoms with Crippen LogP contribution in [0, 0.1) is 0 Å². The van der Waals surface area contributed by atoms with Gasteiger partial charge in [-0.3, -0.25) is 9.89 Å². The van der Waals surface area contributed by atoms with Crippen LogP contribution in [0.4, 0.5) is 0 Å². The molecule has 0 aliphatic rings. The summed E-state index contributed by atoms with van der Waals surface area (Å²) in [5.74, 6) is 0.544. The zero-order valence-corrected chi connectivity index (χ0v) is 13.6. The molecule has 0 saturated carbocycles. The molecule has 1 atom stereocenters. The van der Waals surface area contributed by atoms with Crippen molar-refractivity contribution >= 4 is 5.91 Å². The Morgan fingerprint density at radius 1 is 1.12 bits per heavy atom. The van der Waals surface area contributed by atoms with Crippen molar-refractivity contribution in [2.45, 2.75) is 13.0 Å². The molecule has 2 N–H and O–H groups in total. The molecule has 5 nitrogen and oxygen atoms in total. The number of para-hydroxylation sites is 1. The summed E-state index contributed by atoms with van der Waals surface area (Å²) < 4.78 is 5.34. The van der Waals surface area contributed by atoms with E-state index in [9.17, 15) is 4.79 Å². The van der Waals surface area contributed by atoms with Gasteiger partial charge < -0.3 is 10.1 Å². The minimum Gasteiger partial charge on any atom is -0.496 e. The van der Waals surface area contributed by atoms with Crippen molar-refractivity contribution in [3.63, 3.8) is 0 Å². The van der Waals surface area contributed by atoms with Gasteiger partial charge in [0, 0.05) is 11.1 Å². The number of hydrogen-bond acceptors (Lipinski definition) is 3. The number of aromatic amines is 1. The number of H-pyrrole nitrogens is 1. The van der Waals surface area contributed by atoms with Crippen LogP contribution in [-0.2, 0) is 0 Å². The van der Waals surface area contributed by atoms with E-state index >= 15 is 0 Å². The lowest BCUT2D eigenvalue weighted by atomic mass is 10.1. The molecule has 0 saturated heterocycles. The number of methoxy groups -OCH3 is 1. The van der Waals surface area contributed by atoms with Gasteiger partial charge in [-0.15, -0.1) is 0 Å². The number of rotatable bonds is 5. The predicted molar refractivity (Wildman–Crippen MR) is 92.9 cm³/mol. The van der Waals surface area contributed by atoms with E-state index in [1.54, 1.807) is 13.2 Å². The molecule has 122 valence electrons. The monoisotopic (exact) mass is 321 g/mol. The van der Waals surface area contributed by atoms with Gasteiger partial charge in [0.2, 0.25) is 0 Å². The Morgan fingerprint density at radius 2 is 1.83 bits per heavy atom. The fourth-order valence-corrected chi connectivity index (χ4v) is 2.57. The minimum atomic E-state index is -0.205. The van der Waals surface area contributed by atoms with Crippen molar-refractivity contribution in [3.05, 3.63) is 71.9 Å². The predicted octanol–water partition coefficient (Wildman–Crippen LogP) is 3.58. The number of nitrogens with zero attached hydrogens (tertiary/aromatic N) is 1. The number of hydrogen-bond donors (Lipinski definition) is 2. The summed E-state index contributed by atoms with van der Waals surface area (Å²) in [6.45, 7) is 1.92. The lowest BCUT2D eigenvalue weighted by molar-refractivity contribution is 0.0934. The van der Waals surface area contributed by atoms with Crippen LogP contribution in [0.2, 0.25) is 0 Å². The van der Waals surface area contributed by atoms with Gasteiger partial charge in [-0.2, -0.15) is 5.10 Å². The normalized spacial score (nSPS) is 11.8. The Bertz CT molecular complexity index is 827. The maximum Gasteiger partial charge on any atom is 0.269 e. The number of carbonyl (C=O) groups is 1. The molecule has 3 aromatic rings. The fourth-order valence-electron chi connectivity index (χ4n) is 2.57. The van der Waals surface area contributed by atoms with E-state index in [0.29, 0.717) is 5.69 Å². The highest BCUT2D eigenvalue weighted by Gasteiger charge is 2.16. The third kappa shape index (κ3) is 3.30. The number of nitrogens with one attached hydrogen (secondary N) is 2. The van der Waals surface area contributed by atoms with Gasteiger partial charge in [-0.1, -0.05) is 48.5 Å². The third-order valence-electron chi connectivity index (χ3n) is 3.85. The highest BCUT2D eigenvalue weighted by Crippen LogP contribution is 2.24. The maximum absolute atomic E-state index is 12.4. The molecule has 0 fully saturated rings. The molecule has 2 aromatic carbocycles. The SMILES string of the molecule is COc1ccccc1C(C)NC(=O)c1cc(-c2ccccc2)n[nH]1. The largest absolute Gasteiger partial charge is 0.496 e. The topological polar surface area (TPSA) is 67.0 Å². The van der Waals surface area contributed by atoms with E-state index in [1.807, 2.05) is 61.5 Å². The maximum atomic E-state index is 12.4. The Morgan fingerprint density at radius 3 is 2.58 bits per heavy atom. The van der Waals surface area contributed by atoms with Crippen molar-refractivity contribution in [1.82, 2.24) is 15.5 Å². The highest BCUT2D eigenvalue weighted by atomic mass is 16.5. The van der Waals surface area contributed by atoms with E-state index in [0.717, 1.165) is 22.6 Å². The smallest absolute Gasteiger partial charge is 0.269 e. The summed E-state index contributed by atoms with van der Waals surface area (Å²) in [5, 5.41) is 9.97. The van der Waals surface area contributed by atoms with Crippen molar-refractivity contribution in [2.75, 3.05) is 7.11 Å². The summed E-state index contributed by atoms with van der Waals surface area (Å²) in [5.41, 5.74) is 3.06. The number of amides is 1. The van der Waals surface area contributed by atoms with Crippen LogP contribution in [0.15, 0.2) is 60.7 Å². The fraction of sp³-hybridized carbons (Fsp3) is 0.158. The molecule has 0 spiro atoms. The van der Waals surface area contributed by atoms with Crippen molar-refractivity contribution in [3.8, 4) is 17.0 Å². The highest BCUT2D eigenvalue weighted by molar-refractivity contribution is 5.93. The molecule has 0 bridgehead atoms. The number of carbonyl (C=O) groups excluding carboxylic acids is 1. The van der Waals surface area contributed by atoms with Crippen molar-refractivity contribution < 1.29 is 9.53 Å². The first-order valence-corrected chi connectivity index (χ1v) is 7.73. The summed E-state index contributed by atoms with van der Waals surface area (Å²) in [7, 11) is 1.62. The van der Waals surface area contributed by atoms with Crippen LogP contribution in [-0.4, -0.2) is 23.2 Å². The lowest BCUT2D eigenvalue weighted by Crippen LogP contribution is -2.27.